The van der Waals surface area contributed by atoms with Gasteiger partial charge < -0.3 is 10.1 Å². The van der Waals surface area contributed by atoms with Crippen molar-refractivity contribution >= 4 is 23.0 Å². The average molecular weight is 240 g/mol. The lowest BCUT2D eigenvalue weighted by Crippen LogP contribution is -2.03. The highest BCUT2D eigenvalue weighted by molar-refractivity contribution is 8.93. The van der Waals surface area contributed by atoms with Gasteiger partial charge in [0.1, 0.15) is 0 Å². The van der Waals surface area contributed by atoms with Crippen LogP contribution in [0.2, 0.25) is 0 Å². The SMILES string of the molecule is Br.C=C(C)C(=O)OCC.CNC. The second-order valence-electron chi connectivity index (χ2n) is 2.00. The van der Waals surface area contributed by atoms with E-state index in [1.165, 1.54) is 0 Å². The first kappa shape index (κ1) is 17.7. The van der Waals surface area contributed by atoms with E-state index in [-0.39, 0.29) is 23.0 Å². The standard InChI is InChI=1S/C6H10O2.C2H7N.BrH/c1-4-8-6(7)5(2)3;1-3-2;/h2,4H2,1,3H3;3H,1-2H3;1H. The topological polar surface area (TPSA) is 38.3 Å². The largest absolute Gasteiger partial charge is 0.463 e. The summed E-state index contributed by atoms with van der Waals surface area (Å²) in [4.78, 5) is 10.4. The van der Waals surface area contributed by atoms with Crippen molar-refractivity contribution in [1.29, 1.82) is 0 Å². The molecule has 0 heterocycles. The first-order valence-electron chi connectivity index (χ1n) is 3.51. The lowest BCUT2D eigenvalue weighted by Gasteiger charge is -1.96. The maximum Gasteiger partial charge on any atom is 0.333 e. The number of esters is 1. The van der Waals surface area contributed by atoms with Crippen LogP contribution in [0.1, 0.15) is 13.8 Å². The van der Waals surface area contributed by atoms with Crippen LogP contribution in [-0.2, 0) is 9.53 Å². The summed E-state index contributed by atoms with van der Waals surface area (Å²) < 4.78 is 4.56. The van der Waals surface area contributed by atoms with E-state index in [4.69, 9.17) is 0 Å². The summed E-state index contributed by atoms with van der Waals surface area (Å²) in [5.74, 6) is -0.312. The molecule has 0 atom stereocenters. The molecule has 74 valence electrons. The van der Waals surface area contributed by atoms with Crippen LogP contribution < -0.4 is 5.32 Å². The van der Waals surface area contributed by atoms with Crippen molar-refractivity contribution in [2.45, 2.75) is 13.8 Å². The van der Waals surface area contributed by atoms with E-state index in [2.05, 4.69) is 16.6 Å². The van der Waals surface area contributed by atoms with Crippen LogP contribution in [-0.4, -0.2) is 26.7 Å². The van der Waals surface area contributed by atoms with Gasteiger partial charge in [0.05, 0.1) is 6.61 Å². The zero-order valence-corrected chi connectivity index (χ0v) is 9.85. The van der Waals surface area contributed by atoms with Crippen LogP contribution in [0.4, 0.5) is 0 Å². The molecule has 12 heavy (non-hydrogen) atoms. The van der Waals surface area contributed by atoms with Crippen molar-refractivity contribution < 1.29 is 9.53 Å². The van der Waals surface area contributed by atoms with Crippen LogP contribution in [0.15, 0.2) is 12.2 Å². The van der Waals surface area contributed by atoms with E-state index in [1.54, 1.807) is 13.8 Å². The molecule has 0 bridgehead atoms. The molecule has 0 saturated carbocycles. The van der Waals surface area contributed by atoms with Gasteiger partial charge in [0.2, 0.25) is 0 Å². The van der Waals surface area contributed by atoms with Gasteiger partial charge in [0, 0.05) is 5.57 Å². The molecule has 0 aromatic rings. The molecule has 0 unspecified atom stereocenters. The Morgan fingerprint density at radius 1 is 1.50 bits per heavy atom. The molecule has 0 radical (unpaired) electrons. The van der Waals surface area contributed by atoms with Gasteiger partial charge in [-0.3, -0.25) is 0 Å². The maximum absolute atomic E-state index is 10.4. The Morgan fingerprint density at radius 3 is 1.92 bits per heavy atom. The minimum atomic E-state index is -0.312. The Kier molecular flexibility index (Phi) is 19.5. The van der Waals surface area contributed by atoms with Gasteiger partial charge in [-0.05, 0) is 27.9 Å². The molecule has 0 aliphatic carbocycles. The normalized spacial score (nSPS) is 7.00. The van der Waals surface area contributed by atoms with Crippen LogP contribution in [0, 0.1) is 0 Å². The molecular formula is C8H18BrNO2. The smallest absolute Gasteiger partial charge is 0.333 e. The average Bonchev–Trinajstić information content (AvgIpc) is 1.90. The zero-order chi connectivity index (χ0) is 9.28. The van der Waals surface area contributed by atoms with Crippen LogP contribution >= 0.6 is 17.0 Å². The molecule has 0 aromatic heterocycles. The van der Waals surface area contributed by atoms with Crippen LogP contribution in [0.5, 0.6) is 0 Å². The third-order valence-corrected chi connectivity index (χ3v) is 0.624. The third-order valence-electron chi connectivity index (χ3n) is 0.624. The van der Waals surface area contributed by atoms with Crippen molar-refractivity contribution in [2.75, 3.05) is 20.7 Å². The van der Waals surface area contributed by atoms with Gasteiger partial charge in [-0.15, -0.1) is 17.0 Å². The molecule has 0 saturated heterocycles. The van der Waals surface area contributed by atoms with Crippen molar-refractivity contribution in [3.8, 4) is 0 Å². The van der Waals surface area contributed by atoms with Crippen molar-refractivity contribution in [3.63, 3.8) is 0 Å². The Bertz CT molecular complexity index is 126. The Hall–Kier alpha value is -0.350. The monoisotopic (exact) mass is 239 g/mol. The molecule has 1 N–H and O–H groups in total. The summed E-state index contributed by atoms with van der Waals surface area (Å²) in [5, 5.41) is 2.75. The van der Waals surface area contributed by atoms with E-state index in [9.17, 15) is 4.79 Å². The highest BCUT2D eigenvalue weighted by atomic mass is 79.9. The molecule has 0 amide bonds. The quantitative estimate of drug-likeness (QED) is 0.587. The number of nitrogens with one attached hydrogen (secondary N) is 1. The maximum atomic E-state index is 10.4. The number of carbonyl (C=O) groups excluding carboxylic acids is 1. The molecule has 0 aromatic carbocycles. The van der Waals surface area contributed by atoms with E-state index >= 15 is 0 Å². The van der Waals surface area contributed by atoms with Crippen LogP contribution in [0.25, 0.3) is 0 Å². The number of rotatable bonds is 2. The van der Waals surface area contributed by atoms with Gasteiger partial charge >= 0.3 is 5.97 Å². The third kappa shape index (κ3) is 16.3. The van der Waals surface area contributed by atoms with Gasteiger partial charge in [-0.2, -0.15) is 0 Å². The van der Waals surface area contributed by atoms with E-state index in [0.29, 0.717) is 12.2 Å². The minimum absolute atomic E-state index is 0. The molecule has 0 fully saturated rings. The molecule has 3 nitrogen and oxygen atoms in total. The second kappa shape index (κ2) is 13.3. The van der Waals surface area contributed by atoms with Crippen LogP contribution in [0.3, 0.4) is 0 Å². The molecule has 0 aliphatic heterocycles. The highest BCUT2D eigenvalue weighted by Gasteiger charge is 1.98. The molecule has 0 rings (SSSR count). The number of carbonyl (C=O) groups is 1. The summed E-state index contributed by atoms with van der Waals surface area (Å²) in [6.45, 7) is 7.21. The summed E-state index contributed by atoms with van der Waals surface area (Å²) in [7, 11) is 3.75. The van der Waals surface area contributed by atoms with Crippen molar-refractivity contribution in [2.24, 2.45) is 0 Å². The lowest BCUT2D eigenvalue weighted by molar-refractivity contribution is -0.138. The Balaban J connectivity index is -0.000000177. The predicted octanol–water partition coefficient (Wildman–Crippen LogP) is 1.54. The number of halogens is 1. The highest BCUT2D eigenvalue weighted by Crippen LogP contribution is 1.89. The molecule has 4 heteroatoms. The second-order valence-corrected chi connectivity index (χ2v) is 2.00. The van der Waals surface area contributed by atoms with E-state index in [0.717, 1.165) is 0 Å². The van der Waals surface area contributed by atoms with Gasteiger partial charge in [0.15, 0.2) is 0 Å². The molecular weight excluding hydrogens is 222 g/mol. The fourth-order valence-corrected chi connectivity index (χ4v) is 0.254. The fourth-order valence-electron chi connectivity index (χ4n) is 0.254. The number of hydrogen-bond donors (Lipinski definition) is 1. The van der Waals surface area contributed by atoms with Gasteiger partial charge in [0.25, 0.3) is 0 Å². The zero-order valence-electron chi connectivity index (χ0n) is 8.14. The van der Waals surface area contributed by atoms with E-state index < -0.39 is 0 Å². The van der Waals surface area contributed by atoms with E-state index in [1.807, 2.05) is 14.1 Å². The summed E-state index contributed by atoms with van der Waals surface area (Å²) in [6.07, 6.45) is 0. The van der Waals surface area contributed by atoms with Crippen molar-refractivity contribution in [3.05, 3.63) is 12.2 Å². The summed E-state index contributed by atoms with van der Waals surface area (Å²) in [6, 6.07) is 0. The minimum Gasteiger partial charge on any atom is -0.463 e. The molecule has 0 spiro atoms. The first-order chi connectivity index (χ1) is 5.09. The van der Waals surface area contributed by atoms with Gasteiger partial charge in [-0.25, -0.2) is 4.79 Å². The predicted molar refractivity (Wildman–Crippen MR) is 56.8 cm³/mol. The summed E-state index contributed by atoms with van der Waals surface area (Å²) >= 11 is 0. The Labute approximate surface area is 84.9 Å². The van der Waals surface area contributed by atoms with Crippen molar-refractivity contribution in [1.82, 2.24) is 5.32 Å². The van der Waals surface area contributed by atoms with Gasteiger partial charge in [-0.1, -0.05) is 6.58 Å². The summed E-state index contributed by atoms with van der Waals surface area (Å²) in [5.41, 5.74) is 0.451. The lowest BCUT2D eigenvalue weighted by atomic mass is 10.4. The Morgan fingerprint density at radius 2 is 1.83 bits per heavy atom. The first-order valence-corrected chi connectivity index (χ1v) is 3.51. The fraction of sp³-hybridized carbons (Fsp3) is 0.625. The number of hydrogen-bond acceptors (Lipinski definition) is 3. The number of ether oxygens (including phenoxy) is 1. The molecule has 0 aliphatic rings.